The quantitative estimate of drug-likeness (QED) is 0.0269. The van der Waals surface area contributed by atoms with Crippen LogP contribution in [-0.2, 0) is 28.5 Å². The number of esters is 2. The molecule has 6 atom stereocenters. The van der Waals surface area contributed by atoms with Crippen LogP contribution in [0.5, 0.6) is 0 Å². The zero-order chi connectivity index (χ0) is 40.9. The minimum atomic E-state index is -1.59. The number of rotatable bonds is 39. The van der Waals surface area contributed by atoms with Gasteiger partial charge in [0.05, 0.1) is 13.2 Å². The predicted molar refractivity (Wildman–Crippen MR) is 224 cm³/mol. The van der Waals surface area contributed by atoms with Gasteiger partial charge in [-0.3, -0.25) is 9.59 Å². The molecule has 56 heavy (non-hydrogen) atoms. The summed E-state index contributed by atoms with van der Waals surface area (Å²) in [6.07, 6.45) is 32.2. The van der Waals surface area contributed by atoms with Crippen LogP contribution in [0.3, 0.4) is 0 Å². The molecule has 0 amide bonds. The Morgan fingerprint density at radius 1 is 0.536 bits per heavy atom. The fourth-order valence-electron chi connectivity index (χ4n) is 7.18. The van der Waals surface area contributed by atoms with Crippen LogP contribution in [-0.4, -0.2) is 89.0 Å². The maximum Gasteiger partial charge on any atom is 0.306 e. The van der Waals surface area contributed by atoms with Gasteiger partial charge in [0, 0.05) is 12.8 Å². The summed E-state index contributed by atoms with van der Waals surface area (Å²) in [6.45, 7) is 3.42. The van der Waals surface area contributed by atoms with Gasteiger partial charge in [0.15, 0.2) is 12.4 Å². The Kier molecular flexibility index (Phi) is 35.3. The molecule has 1 rings (SSSR count). The number of aliphatic hydroxyl groups is 4. The summed E-state index contributed by atoms with van der Waals surface area (Å²) in [5.74, 6) is -0.814. The minimum Gasteiger partial charge on any atom is -0.462 e. The number of allylic oxidation sites excluding steroid dienone is 2. The van der Waals surface area contributed by atoms with Gasteiger partial charge >= 0.3 is 11.9 Å². The van der Waals surface area contributed by atoms with Crippen molar-refractivity contribution in [1.29, 1.82) is 0 Å². The summed E-state index contributed by atoms with van der Waals surface area (Å²) in [5, 5.41) is 40.1. The van der Waals surface area contributed by atoms with Gasteiger partial charge in [-0.2, -0.15) is 0 Å². The number of carbonyl (C=O) groups excluding carboxylic acids is 2. The van der Waals surface area contributed by atoms with Gasteiger partial charge in [0.25, 0.3) is 0 Å². The molecule has 0 spiro atoms. The zero-order valence-electron chi connectivity index (χ0n) is 35.9. The molecule has 4 N–H and O–H groups in total. The molecule has 0 radical (unpaired) electrons. The van der Waals surface area contributed by atoms with E-state index in [1.807, 2.05) is 0 Å². The average Bonchev–Trinajstić information content (AvgIpc) is 3.19. The van der Waals surface area contributed by atoms with Crippen molar-refractivity contribution in [2.24, 2.45) is 0 Å². The van der Waals surface area contributed by atoms with Gasteiger partial charge in [-0.1, -0.05) is 174 Å². The van der Waals surface area contributed by atoms with Crippen LogP contribution in [0, 0.1) is 0 Å². The first-order chi connectivity index (χ1) is 27.3. The van der Waals surface area contributed by atoms with Gasteiger partial charge in [-0.05, 0) is 38.5 Å². The highest BCUT2D eigenvalue weighted by Crippen LogP contribution is 2.23. The molecule has 10 nitrogen and oxygen atoms in total. The lowest BCUT2D eigenvalue weighted by Crippen LogP contribution is -2.59. The summed E-state index contributed by atoms with van der Waals surface area (Å²) in [5.41, 5.74) is 0. The normalized spacial score (nSPS) is 20.4. The lowest BCUT2D eigenvalue weighted by atomic mass is 9.99. The largest absolute Gasteiger partial charge is 0.462 e. The molecule has 1 aliphatic rings. The highest BCUT2D eigenvalue weighted by Gasteiger charge is 2.44. The first kappa shape index (κ1) is 52.5. The summed E-state index contributed by atoms with van der Waals surface area (Å²) >= 11 is 0. The van der Waals surface area contributed by atoms with Crippen molar-refractivity contribution < 1.29 is 49.0 Å². The van der Waals surface area contributed by atoms with Crippen LogP contribution in [0.15, 0.2) is 12.2 Å². The summed E-state index contributed by atoms with van der Waals surface area (Å²) in [7, 11) is 0. The van der Waals surface area contributed by atoms with E-state index < -0.39 is 49.4 Å². The van der Waals surface area contributed by atoms with E-state index in [1.54, 1.807) is 0 Å². The Morgan fingerprint density at radius 3 is 1.41 bits per heavy atom. The molecule has 1 saturated heterocycles. The maximum atomic E-state index is 12.7. The first-order valence-corrected chi connectivity index (χ1v) is 23.3. The number of aliphatic hydroxyl groups excluding tert-OH is 4. The van der Waals surface area contributed by atoms with E-state index in [-0.39, 0.29) is 32.0 Å². The molecule has 10 heteroatoms. The summed E-state index contributed by atoms with van der Waals surface area (Å²) in [6, 6.07) is 0. The molecule has 1 heterocycles. The average molecular weight is 799 g/mol. The Balaban J connectivity index is 2.29. The van der Waals surface area contributed by atoms with Crippen LogP contribution in [0.25, 0.3) is 0 Å². The third kappa shape index (κ3) is 28.8. The zero-order valence-corrected chi connectivity index (χ0v) is 35.9. The molecule has 1 fully saturated rings. The lowest BCUT2D eigenvalue weighted by Gasteiger charge is -2.39. The van der Waals surface area contributed by atoms with E-state index in [2.05, 4.69) is 26.0 Å². The second kappa shape index (κ2) is 37.7. The van der Waals surface area contributed by atoms with Crippen molar-refractivity contribution >= 4 is 11.9 Å². The Hall–Kier alpha value is -1.56. The topological polar surface area (TPSA) is 152 Å². The van der Waals surface area contributed by atoms with Crippen molar-refractivity contribution in [3.63, 3.8) is 0 Å². The molecule has 0 bridgehead atoms. The second-order valence-corrected chi connectivity index (χ2v) is 16.2. The van der Waals surface area contributed by atoms with Gasteiger partial charge in [-0.25, -0.2) is 0 Å². The van der Waals surface area contributed by atoms with E-state index in [0.717, 1.165) is 44.9 Å². The molecular formula is C46H86O10. The van der Waals surface area contributed by atoms with E-state index in [4.69, 9.17) is 18.9 Å². The van der Waals surface area contributed by atoms with Crippen molar-refractivity contribution in [2.75, 3.05) is 19.8 Å². The van der Waals surface area contributed by atoms with Crippen LogP contribution >= 0.6 is 0 Å². The molecule has 330 valence electrons. The first-order valence-electron chi connectivity index (χ1n) is 23.3. The van der Waals surface area contributed by atoms with Crippen molar-refractivity contribution in [3.05, 3.63) is 12.2 Å². The highest BCUT2D eigenvalue weighted by molar-refractivity contribution is 5.70. The van der Waals surface area contributed by atoms with E-state index in [9.17, 15) is 30.0 Å². The van der Waals surface area contributed by atoms with E-state index in [1.165, 1.54) is 135 Å². The third-order valence-corrected chi connectivity index (χ3v) is 10.9. The molecule has 0 aromatic carbocycles. The molecule has 2 unspecified atom stereocenters. The molecule has 1 aliphatic heterocycles. The SMILES string of the molecule is CCCCCCCC/C=C/CCCCCC(=O)O[C@@H](COC(=O)CCCCCCCCCCCCCCCCCCCC)CO[C@H]1O[C@@H](CO)[C@@H](O)C(O)C1O. The fourth-order valence-corrected chi connectivity index (χ4v) is 7.18. The maximum absolute atomic E-state index is 12.7. The minimum absolute atomic E-state index is 0.214. The van der Waals surface area contributed by atoms with Crippen molar-refractivity contribution in [1.82, 2.24) is 0 Å². The Labute approximate surface area is 341 Å². The third-order valence-electron chi connectivity index (χ3n) is 10.9. The molecule has 0 aliphatic carbocycles. The van der Waals surface area contributed by atoms with Crippen LogP contribution < -0.4 is 0 Å². The summed E-state index contributed by atoms with van der Waals surface area (Å²) < 4.78 is 22.2. The van der Waals surface area contributed by atoms with Gasteiger partial charge in [0.2, 0.25) is 0 Å². The molecule has 0 saturated carbocycles. The van der Waals surface area contributed by atoms with Crippen LogP contribution in [0.2, 0.25) is 0 Å². The standard InChI is InChI=1S/C46H86O10/c1-3-5-7-9-11-13-15-17-18-19-20-21-23-24-26-28-30-32-34-41(48)53-37-39(38-54-46-45(52)44(51)43(50)40(36-47)56-46)55-42(49)35-33-31-29-27-25-22-16-14-12-10-8-6-4-2/h22,25,39-40,43-47,50-52H,3-21,23-24,26-38H2,1-2H3/b25-22+/t39-,40-,43+,44?,45?,46-/m0/s1. The smallest absolute Gasteiger partial charge is 0.306 e. The predicted octanol–water partition coefficient (Wildman–Crippen LogP) is 9.95. The monoisotopic (exact) mass is 799 g/mol. The van der Waals surface area contributed by atoms with Gasteiger partial charge in [-0.15, -0.1) is 0 Å². The summed E-state index contributed by atoms with van der Waals surface area (Å²) in [4.78, 5) is 25.3. The van der Waals surface area contributed by atoms with Crippen LogP contribution in [0.1, 0.15) is 213 Å². The van der Waals surface area contributed by atoms with E-state index >= 15 is 0 Å². The molecule has 0 aromatic heterocycles. The second-order valence-electron chi connectivity index (χ2n) is 16.2. The highest BCUT2D eigenvalue weighted by atomic mass is 16.7. The van der Waals surface area contributed by atoms with Gasteiger partial charge in [0.1, 0.15) is 31.0 Å². The number of ether oxygens (including phenoxy) is 4. The Morgan fingerprint density at radius 2 is 0.946 bits per heavy atom. The van der Waals surface area contributed by atoms with Crippen LogP contribution in [0.4, 0.5) is 0 Å². The van der Waals surface area contributed by atoms with Crippen molar-refractivity contribution in [2.45, 2.75) is 250 Å². The number of carbonyl (C=O) groups is 2. The molecular weight excluding hydrogens is 712 g/mol. The van der Waals surface area contributed by atoms with Crippen molar-refractivity contribution in [3.8, 4) is 0 Å². The number of unbranched alkanes of at least 4 members (excludes halogenated alkanes) is 26. The van der Waals surface area contributed by atoms with E-state index in [0.29, 0.717) is 6.42 Å². The lowest BCUT2D eigenvalue weighted by molar-refractivity contribution is -0.305. The van der Waals surface area contributed by atoms with Gasteiger partial charge < -0.3 is 39.4 Å². The number of hydrogen-bond acceptors (Lipinski definition) is 10. The Bertz CT molecular complexity index is 928. The fraction of sp³-hybridized carbons (Fsp3) is 0.913. The molecule has 0 aromatic rings. The number of hydrogen-bond donors (Lipinski definition) is 4.